The molecule has 2 rings (SSSR count). The van der Waals surface area contributed by atoms with Crippen molar-refractivity contribution >= 4 is 39.8 Å². The molecule has 0 aliphatic carbocycles. The lowest BCUT2D eigenvalue weighted by atomic mass is 10.2. The number of rotatable bonds is 5. The largest absolute Gasteiger partial charge is 0.507 e. The van der Waals surface area contributed by atoms with E-state index in [1.807, 2.05) is 4.98 Å². The number of nitrogens with zero attached hydrogens (tertiary/aromatic N) is 2. The molecule has 1 amide bonds. The minimum Gasteiger partial charge on any atom is -0.507 e. The normalized spacial score (nSPS) is 10.8. The van der Waals surface area contributed by atoms with Gasteiger partial charge in [0.2, 0.25) is 5.91 Å². The maximum absolute atomic E-state index is 11.6. The Balaban J connectivity index is 1.87. The highest BCUT2D eigenvalue weighted by Crippen LogP contribution is 2.23. The Hall–Kier alpha value is -2.40. The second kappa shape index (κ2) is 7.74. The van der Waals surface area contributed by atoms with E-state index in [4.69, 9.17) is 0 Å². The highest BCUT2D eigenvalue weighted by atomic mass is 79.9. The fraction of sp³-hybridized carbons (Fsp3) is 0.0833. The van der Waals surface area contributed by atoms with Gasteiger partial charge in [0.15, 0.2) is 5.03 Å². The Bertz CT molecular complexity index is 863. The summed E-state index contributed by atoms with van der Waals surface area (Å²) >= 11 is 4.03. The number of nitrogens with one attached hydrogen (secondary N) is 3. The van der Waals surface area contributed by atoms with Gasteiger partial charge in [-0.1, -0.05) is 11.8 Å². The molecule has 1 aromatic heterocycles. The highest BCUT2D eigenvalue weighted by Gasteiger charge is 2.07. The van der Waals surface area contributed by atoms with E-state index in [9.17, 15) is 19.5 Å². The Labute approximate surface area is 141 Å². The van der Waals surface area contributed by atoms with Gasteiger partial charge in [-0.25, -0.2) is 15.3 Å². The SMILES string of the molecule is O=C(CSc1n[nH]c(=O)[nH]c1=O)N/N=C/c1ccc(O)c(Br)c1. The lowest BCUT2D eigenvalue weighted by molar-refractivity contribution is -0.118. The van der Waals surface area contributed by atoms with Gasteiger partial charge < -0.3 is 5.11 Å². The van der Waals surface area contributed by atoms with E-state index in [-0.39, 0.29) is 16.5 Å². The van der Waals surface area contributed by atoms with Crippen LogP contribution < -0.4 is 16.7 Å². The number of thioether (sulfide) groups is 1. The van der Waals surface area contributed by atoms with Crippen LogP contribution in [-0.4, -0.2) is 38.2 Å². The molecule has 4 N–H and O–H groups in total. The lowest BCUT2D eigenvalue weighted by Gasteiger charge is -2.00. The number of hydrogen-bond acceptors (Lipinski definition) is 7. The van der Waals surface area contributed by atoms with E-state index < -0.39 is 17.2 Å². The van der Waals surface area contributed by atoms with Gasteiger partial charge >= 0.3 is 5.69 Å². The number of aromatic nitrogens is 3. The maximum Gasteiger partial charge on any atom is 0.342 e. The summed E-state index contributed by atoms with van der Waals surface area (Å²) in [6.07, 6.45) is 1.40. The van der Waals surface area contributed by atoms with Crippen LogP contribution in [0.2, 0.25) is 0 Å². The van der Waals surface area contributed by atoms with Crippen LogP contribution in [0.25, 0.3) is 0 Å². The summed E-state index contributed by atoms with van der Waals surface area (Å²) in [5.41, 5.74) is 1.58. The van der Waals surface area contributed by atoms with Crippen LogP contribution in [0.1, 0.15) is 5.56 Å². The third-order valence-electron chi connectivity index (χ3n) is 2.39. The number of aromatic amines is 2. The number of H-pyrrole nitrogens is 2. The van der Waals surface area contributed by atoms with Gasteiger partial charge in [-0.15, -0.1) is 0 Å². The first kappa shape index (κ1) is 17.0. The molecule has 2 aromatic rings. The number of phenolic OH excluding ortho intramolecular Hbond substituents is 1. The summed E-state index contributed by atoms with van der Waals surface area (Å²) in [6, 6.07) is 4.73. The van der Waals surface area contributed by atoms with Crippen molar-refractivity contribution < 1.29 is 9.90 Å². The van der Waals surface area contributed by atoms with Gasteiger partial charge in [-0.2, -0.15) is 10.2 Å². The van der Waals surface area contributed by atoms with E-state index in [0.29, 0.717) is 10.0 Å². The van der Waals surface area contributed by atoms with Crippen molar-refractivity contribution in [1.29, 1.82) is 0 Å². The molecule has 0 aliphatic heterocycles. The number of halogens is 1. The molecule has 23 heavy (non-hydrogen) atoms. The highest BCUT2D eigenvalue weighted by molar-refractivity contribution is 9.10. The molecule has 0 unspecified atom stereocenters. The molecule has 0 spiro atoms. The van der Waals surface area contributed by atoms with Crippen molar-refractivity contribution in [1.82, 2.24) is 20.6 Å². The van der Waals surface area contributed by atoms with Crippen molar-refractivity contribution in [2.75, 3.05) is 5.75 Å². The van der Waals surface area contributed by atoms with Crippen molar-refractivity contribution in [2.24, 2.45) is 5.10 Å². The second-order valence-electron chi connectivity index (χ2n) is 4.10. The van der Waals surface area contributed by atoms with Crippen LogP contribution in [0.4, 0.5) is 0 Å². The molecular weight excluding hydrogens is 390 g/mol. The van der Waals surface area contributed by atoms with E-state index >= 15 is 0 Å². The number of carbonyl (C=O) groups is 1. The number of phenols is 1. The molecular formula is C12H10BrN5O4S. The third kappa shape index (κ3) is 5.07. The van der Waals surface area contributed by atoms with Crippen LogP contribution in [-0.2, 0) is 4.79 Å². The number of amides is 1. The zero-order chi connectivity index (χ0) is 16.8. The van der Waals surface area contributed by atoms with E-state index in [2.05, 4.69) is 36.7 Å². The Morgan fingerprint density at radius 1 is 1.48 bits per heavy atom. The predicted molar refractivity (Wildman–Crippen MR) is 87.7 cm³/mol. The smallest absolute Gasteiger partial charge is 0.342 e. The van der Waals surface area contributed by atoms with Gasteiger partial charge in [-0.05, 0) is 39.7 Å². The minimum atomic E-state index is -0.714. The molecule has 0 fully saturated rings. The van der Waals surface area contributed by atoms with Gasteiger partial charge in [-0.3, -0.25) is 14.6 Å². The topological polar surface area (TPSA) is 140 Å². The monoisotopic (exact) mass is 399 g/mol. The van der Waals surface area contributed by atoms with Crippen molar-refractivity contribution in [3.05, 3.63) is 49.1 Å². The molecule has 0 saturated heterocycles. The average molecular weight is 400 g/mol. The van der Waals surface area contributed by atoms with E-state index in [0.717, 1.165) is 11.8 Å². The zero-order valence-electron chi connectivity index (χ0n) is 11.4. The number of benzene rings is 1. The van der Waals surface area contributed by atoms with Crippen LogP contribution in [0.3, 0.4) is 0 Å². The molecule has 0 bridgehead atoms. The average Bonchev–Trinajstić information content (AvgIpc) is 2.50. The van der Waals surface area contributed by atoms with E-state index in [1.54, 1.807) is 12.1 Å². The molecule has 11 heteroatoms. The number of aromatic hydroxyl groups is 1. The first-order valence-electron chi connectivity index (χ1n) is 6.08. The number of hydrazone groups is 1. The molecule has 1 aromatic carbocycles. The zero-order valence-corrected chi connectivity index (χ0v) is 13.8. The molecule has 0 radical (unpaired) electrons. The number of hydrogen-bond donors (Lipinski definition) is 4. The van der Waals surface area contributed by atoms with Gasteiger partial charge in [0, 0.05) is 0 Å². The third-order valence-corrected chi connectivity index (χ3v) is 3.99. The minimum absolute atomic E-state index is 0.0220. The fourth-order valence-electron chi connectivity index (χ4n) is 1.38. The summed E-state index contributed by atoms with van der Waals surface area (Å²) in [7, 11) is 0. The van der Waals surface area contributed by atoms with Crippen LogP contribution in [0.5, 0.6) is 5.75 Å². The standard InChI is InChI=1S/C12H10BrN5O4S/c13-7-3-6(1-2-8(7)19)4-14-16-9(20)5-23-11-10(21)15-12(22)18-17-11/h1-4,19H,5H2,(H,16,20)(H2,15,18,21,22)/b14-4+. The predicted octanol–water partition coefficient (Wildman–Crippen LogP) is 0.169. The van der Waals surface area contributed by atoms with Gasteiger partial charge in [0.1, 0.15) is 5.75 Å². The summed E-state index contributed by atoms with van der Waals surface area (Å²) < 4.78 is 0.506. The quantitative estimate of drug-likeness (QED) is 0.320. The number of carbonyl (C=O) groups excluding carboxylic acids is 1. The molecule has 120 valence electrons. The molecule has 0 saturated carbocycles. The summed E-state index contributed by atoms with van der Waals surface area (Å²) in [5, 5.41) is 18.7. The summed E-state index contributed by atoms with van der Waals surface area (Å²) in [6.45, 7) is 0. The Morgan fingerprint density at radius 3 is 2.96 bits per heavy atom. The van der Waals surface area contributed by atoms with Crippen LogP contribution in [0.15, 0.2) is 42.4 Å². The lowest BCUT2D eigenvalue weighted by Crippen LogP contribution is -2.26. The van der Waals surface area contributed by atoms with Gasteiger partial charge in [0.05, 0.1) is 16.4 Å². The summed E-state index contributed by atoms with van der Waals surface area (Å²) in [4.78, 5) is 35.8. The Kier molecular flexibility index (Phi) is 5.71. The first-order chi connectivity index (χ1) is 11.0. The molecule has 0 atom stereocenters. The van der Waals surface area contributed by atoms with Crippen molar-refractivity contribution in [2.45, 2.75) is 5.03 Å². The van der Waals surface area contributed by atoms with Crippen LogP contribution in [0, 0.1) is 0 Å². The molecule has 0 aliphatic rings. The van der Waals surface area contributed by atoms with Crippen molar-refractivity contribution in [3.63, 3.8) is 0 Å². The van der Waals surface area contributed by atoms with Crippen molar-refractivity contribution in [3.8, 4) is 5.75 Å². The summed E-state index contributed by atoms with van der Waals surface area (Å²) in [5.74, 6) is -0.448. The fourth-order valence-corrected chi connectivity index (χ4v) is 2.40. The van der Waals surface area contributed by atoms with Gasteiger partial charge in [0.25, 0.3) is 5.56 Å². The molecule has 1 heterocycles. The first-order valence-corrected chi connectivity index (χ1v) is 7.86. The molecule has 9 nitrogen and oxygen atoms in total. The van der Waals surface area contributed by atoms with Crippen LogP contribution >= 0.6 is 27.7 Å². The second-order valence-corrected chi connectivity index (χ2v) is 5.92. The Morgan fingerprint density at radius 2 is 2.26 bits per heavy atom. The van der Waals surface area contributed by atoms with E-state index in [1.165, 1.54) is 12.3 Å². The maximum atomic E-state index is 11.6.